The number of nitrogens with one attached hydrogen (secondary N) is 1. The zero-order chi connectivity index (χ0) is 21.1. The van der Waals surface area contributed by atoms with Crippen LogP contribution in [0.5, 0.6) is 0 Å². The molecule has 1 heterocycles. The van der Waals surface area contributed by atoms with Gasteiger partial charge in [-0.2, -0.15) is 0 Å². The van der Waals surface area contributed by atoms with Crippen LogP contribution in [0, 0.1) is 6.92 Å². The van der Waals surface area contributed by atoms with E-state index in [9.17, 15) is 13.2 Å². The summed E-state index contributed by atoms with van der Waals surface area (Å²) in [6, 6.07) is 22.1. The summed E-state index contributed by atoms with van der Waals surface area (Å²) in [5.41, 5.74) is 3.89. The molecule has 1 N–H and O–H groups in total. The van der Waals surface area contributed by atoms with E-state index in [1.165, 1.54) is 6.07 Å². The van der Waals surface area contributed by atoms with E-state index in [0.29, 0.717) is 17.7 Å². The SMILES string of the molecule is Cc1ccc(C(=O)N2CCCc3ccccc32)cc1S(=O)(=O)NCc1ccccc1. The van der Waals surface area contributed by atoms with Crippen LogP contribution in [0.4, 0.5) is 5.69 Å². The fourth-order valence-corrected chi connectivity index (χ4v) is 5.06. The average Bonchev–Trinajstić information content (AvgIpc) is 2.78. The molecule has 0 saturated carbocycles. The zero-order valence-corrected chi connectivity index (χ0v) is 17.7. The Balaban J connectivity index is 1.61. The first kappa shape index (κ1) is 20.3. The molecule has 0 radical (unpaired) electrons. The van der Waals surface area contributed by atoms with Crippen LogP contribution >= 0.6 is 0 Å². The summed E-state index contributed by atoms with van der Waals surface area (Å²) in [6.07, 6.45) is 1.83. The van der Waals surface area contributed by atoms with Crippen molar-refractivity contribution in [3.8, 4) is 0 Å². The summed E-state index contributed by atoms with van der Waals surface area (Å²) in [5.74, 6) is -0.179. The highest BCUT2D eigenvalue weighted by Crippen LogP contribution is 2.29. The topological polar surface area (TPSA) is 66.5 Å². The molecule has 5 nitrogen and oxygen atoms in total. The van der Waals surface area contributed by atoms with Gasteiger partial charge >= 0.3 is 0 Å². The van der Waals surface area contributed by atoms with Gasteiger partial charge in [0.25, 0.3) is 5.91 Å². The second-order valence-electron chi connectivity index (χ2n) is 7.48. The largest absolute Gasteiger partial charge is 0.308 e. The number of benzene rings is 3. The van der Waals surface area contributed by atoms with Crippen LogP contribution in [0.2, 0.25) is 0 Å². The first-order valence-corrected chi connectivity index (χ1v) is 11.5. The third-order valence-electron chi connectivity index (χ3n) is 5.39. The summed E-state index contributed by atoms with van der Waals surface area (Å²) in [5, 5.41) is 0. The Bertz CT molecular complexity index is 1170. The van der Waals surface area contributed by atoms with Gasteiger partial charge in [0.1, 0.15) is 0 Å². The van der Waals surface area contributed by atoms with Crippen molar-refractivity contribution in [3.05, 3.63) is 95.1 Å². The summed E-state index contributed by atoms with van der Waals surface area (Å²) < 4.78 is 28.5. The number of nitrogens with zero attached hydrogens (tertiary/aromatic N) is 1. The Kier molecular flexibility index (Phi) is 5.70. The van der Waals surface area contributed by atoms with Gasteiger partial charge in [-0.1, -0.05) is 54.6 Å². The maximum atomic E-state index is 13.2. The molecule has 4 rings (SSSR count). The van der Waals surface area contributed by atoms with Crippen LogP contribution in [0.1, 0.15) is 33.5 Å². The number of rotatable bonds is 5. The van der Waals surface area contributed by atoms with Crippen LogP contribution in [-0.4, -0.2) is 20.9 Å². The summed E-state index contributed by atoms with van der Waals surface area (Å²) in [7, 11) is -3.76. The van der Waals surface area contributed by atoms with Gasteiger partial charge < -0.3 is 4.90 Å². The maximum Gasteiger partial charge on any atom is 0.258 e. The molecule has 0 atom stereocenters. The van der Waals surface area contributed by atoms with Gasteiger partial charge in [-0.15, -0.1) is 0 Å². The van der Waals surface area contributed by atoms with Gasteiger partial charge in [-0.25, -0.2) is 13.1 Å². The quantitative estimate of drug-likeness (QED) is 0.677. The zero-order valence-electron chi connectivity index (χ0n) is 16.8. The first-order chi connectivity index (χ1) is 14.5. The molecule has 1 amide bonds. The predicted molar refractivity (Wildman–Crippen MR) is 118 cm³/mol. The molecule has 0 fully saturated rings. The molecule has 3 aromatic carbocycles. The number of carbonyl (C=O) groups excluding carboxylic acids is 1. The van der Waals surface area contributed by atoms with Crippen molar-refractivity contribution in [2.24, 2.45) is 0 Å². The highest BCUT2D eigenvalue weighted by molar-refractivity contribution is 7.89. The minimum Gasteiger partial charge on any atom is -0.308 e. The molecule has 30 heavy (non-hydrogen) atoms. The number of hydrogen-bond donors (Lipinski definition) is 1. The molecule has 0 saturated heterocycles. The minimum atomic E-state index is -3.76. The lowest BCUT2D eigenvalue weighted by atomic mass is 10.0. The number of para-hydroxylation sites is 1. The molecule has 154 valence electrons. The number of hydrogen-bond acceptors (Lipinski definition) is 3. The van der Waals surface area contributed by atoms with Crippen molar-refractivity contribution in [2.45, 2.75) is 31.2 Å². The van der Waals surface area contributed by atoms with Crippen LogP contribution in [-0.2, 0) is 23.0 Å². The molecule has 0 spiro atoms. The Morgan fingerprint density at radius 3 is 2.53 bits per heavy atom. The Morgan fingerprint density at radius 1 is 1.00 bits per heavy atom. The van der Waals surface area contributed by atoms with Crippen molar-refractivity contribution in [3.63, 3.8) is 0 Å². The van der Waals surface area contributed by atoms with Crippen molar-refractivity contribution >= 4 is 21.6 Å². The summed E-state index contributed by atoms with van der Waals surface area (Å²) in [6.45, 7) is 2.56. The van der Waals surface area contributed by atoms with Crippen LogP contribution < -0.4 is 9.62 Å². The van der Waals surface area contributed by atoms with Gasteiger partial charge in [0.05, 0.1) is 4.90 Å². The monoisotopic (exact) mass is 420 g/mol. The average molecular weight is 421 g/mol. The van der Waals surface area contributed by atoms with Gasteiger partial charge in [0.2, 0.25) is 10.0 Å². The van der Waals surface area contributed by atoms with E-state index in [1.54, 1.807) is 24.0 Å². The Hall–Kier alpha value is -2.96. The van der Waals surface area contributed by atoms with Crippen molar-refractivity contribution < 1.29 is 13.2 Å². The highest BCUT2D eigenvalue weighted by Gasteiger charge is 2.25. The number of sulfonamides is 1. The van der Waals surface area contributed by atoms with E-state index in [1.807, 2.05) is 54.6 Å². The molecular weight excluding hydrogens is 396 g/mol. The van der Waals surface area contributed by atoms with Gasteiger partial charge in [0.15, 0.2) is 0 Å². The predicted octanol–water partition coefficient (Wildman–Crippen LogP) is 4.07. The molecule has 1 aliphatic heterocycles. The lowest BCUT2D eigenvalue weighted by Crippen LogP contribution is -2.35. The molecule has 0 aromatic heterocycles. The summed E-state index contributed by atoms with van der Waals surface area (Å²) in [4.78, 5) is 15.1. The second-order valence-corrected chi connectivity index (χ2v) is 9.21. The number of anilines is 1. The molecular formula is C24H24N2O3S. The molecule has 1 aliphatic rings. The van der Waals surface area contributed by atoms with E-state index >= 15 is 0 Å². The maximum absolute atomic E-state index is 13.2. The minimum absolute atomic E-state index is 0.134. The van der Waals surface area contributed by atoms with Crippen LogP contribution in [0.3, 0.4) is 0 Å². The van der Waals surface area contributed by atoms with E-state index in [0.717, 1.165) is 29.7 Å². The van der Waals surface area contributed by atoms with Crippen molar-refractivity contribution in [2.75, 3.05) is 11.4 Å². The number of carbonyl (C=O) groups is 1. The number of fused-ring (bicyclic) bond motifs is 1. The number of amides is 1. The van der Waals surface area contributed by atoms with Crippen molar-refractivity contribution in [1.82, 2.24) is 4.72 Å². The standard InChI is InChI=1S/C24H24N2O3S/c1-18-13-14-21(24(27)26-15-7-11-20-10-5-6-12-22(20)26)16-23(18)30(28,29)25-17-19-8-3-2-4-9-19/h2-6,8-10,12-14,16,25H,7,11,15,17H2,1H3. The van der Waals surface area contributed by atoms with E-state index < -0.39 is 10.0 Å². The Labute approximate surface area is 177 Å². The third kappa shape index (κ3) is 4.15. The van der Waals surface area contributed by atoms with Crippen LogP contribution in [0.15, 0.2) is 77.7 Å². The molecule has 0 unspecified atom stereocenters. The van der Waals surface area contributed by atoms with Gasteiger partial charge in [0, 0.05) is 24.3 Å². The smallest absolute Gasteiger partial charge is 0.258 e. The molecule has 0 aliphatic carbocycles. The lowest BCUT2D eigenvalue weighted by Gasteiger charge is -2.29. The van der Waals surface area contributed by atoms with E-state index in [4.69, 9.17) is 0 Å². The fraction of sp³-hybridized carbons (Fsp3) is 0.208. The second kappa shape index (κ2) is 8.42. The normalized spacial score (nSPS) is 13.7. The number of aryl methyl sites for hydroxylation is 2. The third-order valence-corrected chi connectivity index (χ3v) is 6.93. The van der Waals surface area contributed by atoms with E-state index in [-0.39, 0.29) is 17.3 Å². The summed E-state index contributed by atoms with van der Waals surface area (Å²) >= 11 is 0. The first-order valence-electron chi connectivity index (χ1n) is 10.00. The highest BCUT2D eigenvalue weighted by atomic mass is 32.2. The molecule has 3 aromatic rings. The molecule has 0 bridgehead atoms. The van der Waals surface area contributed by atoms with Crippen molar-refractivity contribution in [1.29, 1.82) is 0 Å². The van der Waals surface area contributed by atoms with Crippen LogP contribution in [0.25, 0.3) is 0 Å². The van der Waals surface area contributed by atoms with Gasteiger partial charge in [-0.3, -0.25) is 4.79 Å². The lowest BCUT2D eigenvalue weighted by molar-refractivity contribution is 0.0985. The fourth-order valence-electron chi connectivity index (χ4n) is 3.78. The van der Waals surface area contributed by atoms with E-state index in [2.05, 4.69) is 4.72 Å². The van der Waals surface area contributed by atoms with Gasteiger partial charge in [-0.05, 0) is 54.7 Å². The molecule has 6 heteroatoms. The Morgan fingerprint density at radius 2 is 1.73 bits per heavy atom.